The first kappa shape index (κ1) is 16.5. The van der Waals surface area contributed by atoms with E-state index in [0.717, 1.165) is 41.8 Å². The zero-order chi connectivity index (χ0) is 17.9. The number of benzene rings is 1. The van der Waals surface area contributed by atoms with Crippen LogP contribution in [-0.4, -0.2) is 34.1 Å². The second-order valence-electron chi connectivity index (χ2n) is 6.63. The number of nitrogens with zero attached hydrogens (tertiary/aromatic N) is 4. The molecule has 7 nitrogen and oxygen atoms in total. The van der Waals surface area contributed by atoms with Gasteiger partial charge in [0.2, 0.25) is 5.91 Å². The van der Waals surface area contributed by atoms with Crippen LogP contribution in [-0.2, 0) is 11.3 Å². The fourth-order valence-electron chi connectivity index (χ4n) is 3.46. The van der Waals surface area contributed by atoms with Gasteiger partial charge in [-0.3, -0.25) is 4.79 Å². The fraction of sp³-hybridized carbons (Fsp3) is 0.368. The first-order valence-electron chi connectivity index (χ1n) is 8.86. The molecule has 3 heterocycles. The van der Waals surface area contributed by atoms with Gasteiger partial charge in [-0.25, -0.2) is 4.98 Å². The van der Waals surface area contributed by atoms with E-state index in [-0.39, 0.29) is 11.8 Å². The fourth-order valence-corrected chi connectivity index (χ4v) is 3.46. The van der Waals surface area contributed by atoms with Gasteiger partial charge in [0.1, 0.15) is 17.5 Å². The molecule has 0 saturated carbocycles. The maximum absolute atomic E-state index is 12.6. The van der Waals surface area contributed by atoms with E-state index >= 15 is 0 Å². The van der Waals surface area contributed by atoms with Gasteiger partial charge in [-0.2, -0.15) is 4.98 Å². The maximum atomic E-state index is 12.6. The van der Waals surface area contributed by atoms with E-state index < -0.39 is 0 Å². The van der Waals surface area contributed by atoms with Crippen molar-refractivity contribution in [3.8, 4) is 0 Å². The molecule has 4 rings (SSSR count). The highest BCUT2D eigenvalue weighted by Gasteiger charge is 2.28. The minimum absolute atomic E-state index is 0.0577. The number of carbonyl (C=O) groups is 1. The highest BCUT2D eigenvalue weighted by atomic mass is 16.5. The van der Waals surface area contributed by atoms with Crippen molar-refractivity contribution in [2.75, 3.05) is 18.0 Å². The van der Waals surface area contributed by atoms with Crippen LogP contribution in [0.2, 0.25) is 0 Å². The number of nitrogens with one attached hydrogen (secondary N) is 1. The van der Waals surface area contributed by atoms with Crippen molar-refractivity contribution in [1.29, 1.82) is 0 Å². The maximum Gasteiger partial charge on any atom is 0.263 e. The van der Waals surface area contributed by atoms with Crippen LogP contribution in [0.25, 0.3) is 11.1 Å². The van der Waals surface area contributed by atoms with Crippen LogP contribution in [0, 0.1) is 12.8 Å². The summed E-state index contributed by atoms with van der Waals surface area (Å²) in [4.78, 5) is 23.3. The van der Waals surface area contributed by atoms with Gasteiger partial charge in [0.25, 0.3) is 5.71 Å². The molecule has 0 aliphatic carbocycles. The third-order valence-corrected chi connectivity index (χ3v) is 4.82. The monoisotopic (exact) mass is 351 g/mol. The minimum Gasteiger partial charge on any atom is -0.355 e. The molecule has 1 aliphatic rings. The third-order valence-electron chi connectivity index (χ3n) is 4.82. The molecule has 134 valence electrons. The van der Waals surface area contributed by atoms with E-state index in [4.69, 9.17) is 4.52 Å². The molecule has 1 N–H and O–H groups in total. The van der Waals surface area contributed by atoms with Gasteiger partial charge in [0.05, 0.1) is 11.6 Å². The Balaban J connectivity index is 1.47. The van der Waals surface area contributed by atoms with E-state index in [1.807, 2.05) is 37.3 Å². The summed E-state index contributed by atoms with van der Waals surface area (Å²) in [6, 6.07) is 9.95. The Morgan fingerprint density at radius 1 is 1.31 bits per heavy atom. The molecule has 2 aromatic heterocycles. The molecule has 0 radical (unpaired) electrons. The van der Waals surface area contributed by atoms with E-state index in [1.54, 1.807) is 0 Å². The van der Waals surface area contributed by atoms with Gasteiger partial charge in [0, 0.05) is 19.6 Å². The number of carbonyl (C=O) groups excluding carboxylic acids is 1. The SMILES string of the molecule is Cc1noc2ncnc(N3CCC[C@@H](C(=O)NCc4ccccc4)C3)c12. The van der Waals surface area contributed by atoms with Gasteiger partial charge in [0.15, 0.2) is 0 Å². The van der Waals surface area contributed by atoms with E-state index in [0.29, 0.717) is 18.8 Å². The van der Waals surface area contributed by atoms with Crippen molar-refractivity contribution in [2.45, 2.75) is 26.3 Å². The van der Waals surface area contributed by atoms with Crippen LogP contribution in [0.15, 0.2) is 41.2 Å². The quantitative estimate of drug-likeness (QED) is 0.777. The molecular weight excluding hydrogens is 330 g/mol. The number of hydrogen-bond acceptors (Lipinski definition) is 6. The zero-order valence-corrected chi connectivity index (χ0v) is 14.7. The molecule has 1 aromatic carbocycles. The molecule has 1 fully saturated rings. The molecule has 0 unspecified atom stereocenters. The number of amides is 1. The van der Waals surface area contributed by atoms with Crippen molar-refractivity contribution in [1.82, 2.24) is 20.4 Å². The first-order chi connectivity index (χ1) is 12.7. The van der Waals surface area contributed by atoms with Gasteiger partial charge in [-0.15, -0.1) is 0 Å². The molecule has 0 spiro atoms. The van der Waals surface area contributed by atoms with Gasteiger partial charge < -0.3 is 14.7 Å². The highest BCUT2D eigenvalue weighted by Crippen LogP contribution is 2.29. The predicted molar refractivity (Wildman–Crippen MR) is 97.6 cm³/mol. The number of hydrogen-bond donors (Lipinski definition) is 1. The number of rotatable bonds is 4. The van der Waals surface area contributed by atoms with Crippen LogP contribution in [0.5, 0.6) is 0 Å². The van der Waals surface area contributed by atoms with Crippen molar-refractivity contribution in [2.24, 2.45) is 5.92 Å². The van der Waals surface area contributed by atoms with Gasteiger partial charge >= 0.3 is 0 Å². The summed E-state index contributed by atoms with van der Waals surface area (Å²) in [6.45, 7) is 3.93. The van der Waals surface area contributed by atoms with Crippen LogP contribution in [0.4, 0.5) is 5.82 Å². The summed E-state index contributed by atoms with van der Waals surface area (Å²) in [7, 11) is 0. The minimum atomic E-state index is -0.0577. The molecule has 0 bridgehead atoms. The summed E-state index contributed by atoms with van der Waals surface area (Å²) in [5.41, 5.74) is 2.36. The van der Waals surface area contributed by atoms with Crippen LogP contribution in [0.1, 0.15) is 24.1 Å². The Morgan fingerprint density at radius 3 is 3.00 bits per heavy atom. The Kier molecular flexibility index (Phi) is 4.51. The lowest BCUT2D eigenvalue weighted by Gasteiger charge is -2.33. The Morgan fingerprint density at radius 2 is 2.15 bits per heavy atom. The molecule has 1 atom stereocenters. The highest BCUT2D eigenvalue weighted by molar-refractivity contribution is 5.88. The largest absolute Gasteiger partial charge is 0.355 e. The normalized spacial score (nSPS) is 17.4. The second kappa shape index (κ2) is 7.11. The smallest absolute Gasteiger partial charge is 0.263 e. The topological polar surface area (TPSA) is 84.2 Å². The molecule has 3 aromatic rings. The molecular formula is C19H21N5O2. The number of aromatic nitrogens is 3. The molecule has 26 heavy (non-hydrogen) atoms. The molecule has 1 amide bonds. The molecule has 1 saturated heterocycles. The number of aryl methyl sites for hydroxylation is 1. The number of fused-ring (bicyclic) bond motifs is 1. The van der Waals surface area contributed by atoms with E-state index in [9.17, 15) is 4.79 Å². The van der Waals surface area contributed by atoms with Crippen LogP contribution >= 0.6 is 0 Å². The Bertz CT molecular complexity index is 909. The Hall–Kier alpha value is -2.96. The van der Waals surface area contributed by atoms with Crippen molar-refractivity contribution in [3.63, 3.8) is 0 Å². The van der Waals surface area contributed by atoms with E-state index in [1.165, 1.54) is 6.33 Å². The summed E-state index contributed by atoms with van der Waals surface area (Å²) in [5.74, 6) is 0.831. The second-order valence-corrected chi connectivity index (χ2v) is 6.63. The lowest BCUT2D eigenvalue weighted by Crippen LogP contribution is -2.43. The zero-order valence-electron chi connectivity index (χ0n) is 14.7. The Labute approximate surface area is 151 Å². The number of anilines is 1. The lowest BCUT2D eigenvalue weighted by molar-refractivity contribution is -0.125. The molecule has 7 heteroatoms. The van der Waals surface area contributed by atoms with Crippen molar-refractivity contribution >= 4 is 22.8 Å². The van der Waals surface area contributed by atoms with Crippen LogP contribution in [0.3, 0.4) is 0 Å². The third kappa shape index (κ3) is 3.24. The van der Waals surface area contributed by atoms with Gasteiger partial charge in [-0.05, 0) is 25.3 Å². The lowest BCUT2D eigenvalue weighted by atomic mass is 9.96. The molecule has 1 aliphatic heterocycles. The van der Waals surface area contributed by atoms with Crippen molar-refractivity contribution < 1.29 is 9.32 Å². The summed E-state index contributed by atoms with van der Waals surface area (Å²) in [6.07, 6.45) is 3.31. The van der Waals surface area contributed by atoms with E-state index in [2.05, 4.69) is 25.3 Å². The summed E-state index contributed by atoms with van der Waals surface area (Å²) in [5, 5.41) is 7.87. The van der Waals surface area contributed by atoms with Crippen LogP contribution < -0.4 is 10.2 Å². The first-order valence-corrected chi connectivity index (χ1v) is 8.86. The summed E-state index contributed by atoms with van der Waals surface area (Å²) < 4.78 is 5.23. The van der Waals surface area contributed by atoms with Gasteiger partial charge in [-0.1, -0.05) is 35.5 Å². The van der Waals surface area contributed by atoms with Crippen molar-refractivity contribution in [3.05, 3.63) is 47.9 Å². The number of piperidine rings is 1. The summed E-state index contributed by atoms with van der Waals surface area (Å²) >= 11 is 0. The average molecular weight is 351 g/mol. The standard InChI is InChI=1S/C19H21N5O2/c1-13-16-17(21-12-22-19(16)26-23-13)24-9-5-8-15(11-24)18(25)20-10-14-6-3-2-4-7-14/h2-4,6-7,12,15H,5,8-11H2,1H3,(H,20,25)/t15-/m1/s1. The average Bonchev–Trinajstić information content (AvgIpc) is 3.08. The predicted octanol–water partition coefficient (Wildman–Crippen LogP) is 2.46.